The van der Waals surface area contributed by atoms with Gasteiger partial charge in [-0.15, -0.1) is 0 Å². The van der Waals surface area contributed by atoms with E-state index in [4.69, 9.17) is 4.74 Å². The minimum Gasteiger partial charge on any atom is -0.376 e. The zero-order valence-corrected chi connectivity index (χ0v) is 14.1. The van der Waals surface area contributed by atoms with Crippen LogP contribution < -0.4 is 0 Å². The van der Waals surface area contributed by atoms with Gasteiger partial charge in [-0.1, -0.05) is 27.7 Å². The first kappa shape index (κ1) is 17.4. The molecule has 1 saturated heterocycles. The van der Waals surface area contributed by atoms with E-state index in [0.29, 0.717) is 24.4 Å². The fraction of sp³-hybridized carbons (Fsp3) is 0.938. The Kier molecular flexibility index (Phi) is 6.96. The molecule has 0 aromatic rings. The Morgan fingerprint density at radius 2 is 1.75 bits per heavy atom. The lowest BCUT2D eigenvalue weighted by Crippen LogP contribution is -2.52. The van der Waals surface area contributed by atoms with Crippen LogP contribution in [-0.2, 0) is 9.53 Å². The number of carbonyl (C=O) groups excluding carboxylic acids is 1. The smallest absolute Gasteiger partial charge is 0.236 e. The van der Waals surface area contributed by atoms with E-state index in [1.807, 2.05) is 4.90 Å². The molecule has 0 aromatic heterocycles. The van der Waals surface area contributed by atoms with Gasteiger partial charge in [0.1, 0.15) is 0 Å². The average molecular weight is 284 g/mol. The molecule has 1 fully saturated rings. The van der Waals surface area contributed by atoms with Gasteiger partial charge in [-0.05, 0) is 25.7 Å². The molecule has 1 amide bonds. The number of rotatable bonds is 6. The SMILES string of the molecule is CC(C)CN(CC(C)C)C(=O)CN1CC(C)OCC1C. The second-order valence-electron chi connectivity index (χ2n) is 7.01. The fourth-order valence-corrected chi connectivity index (χ4v) is 2.63. The highest BCUT2D eigenvalue weighted by Gasteiger charge is 2.27. The molecule has 20 heavy (non-hydrogen) atoms. The van der Waals surface area contributed by atoms with Gasteiger partial charge in [-0.25, -0.2) is 0 Å². The number of carbonyl (C=O) groups is 1. The maximum atomic E-state index is 12.6. The number of hydrogen-bond acceptors (Lipinski definition) is 3. The van der Waals surface area contributed by atoms with Crippen molar-refractivity contribution in [2.45, 2.75) is 53.7 Å². The predicted octanol–water partition coefficient (Wildman–Crippen LogP) is 2.24. The zero-order chi connectivity index (χ0) is 15.3. The molecule has 4 heteroatoms. The lowest BCUT2D eigenvalue weighted by Gasteiger charge is -2.37. The maximum absolute atomic E-state index is 12.6. The molecule has 0 aromatic carbocycles. The van der Waals surface area contributed by atoms with E-state index in [1.54, 1.807) is 0 Å². The highest BCUT2D eigenvalue weighted by Crippen LogP contribution is 2.12. The first-order valence-corrected chi connectivity index (χ1v) is 7.93. The Labute approximate surface area is 124 Å². The van der Waals surface area contributed by atoms with Crippen LogP contribution >= 0.6 is 0 Å². The third-order valence-corrected chi connectivity index (χ3v) is 3.60. The molecule has 4 nitrogen and oxygen atoms in total. The summed E-state index contributed by atoms with van der Waals surface area (Å²) in [6, 6.07) is 0.329. The van der Waals surface area contributed by atoms with Gasteiger partial charge in [-0.3, -0.25) is 9.69 Å². The first-order chi connectivity index (χ1) is 9.29. The van der Waals surface area contributed by atoms with E-state index in [2.05, 4.69) is 46.4 Å². The largest absolute Gasteiger partial charge is 0.376 e. The fourth-order valence-electron chi connectivity index (χ4n) is 2.63. The highest BCUT2D eigenvalue weighted by atomic mass is 16.5. The van der Waals surface area contributed by atoms with Gasteiger partial charge in [0, 0.05) is 25.7 Å². The number of nitrogens with zero attached hydrogens (tertiary/aromatic N) is 2. The Balaban J connectivity index is 2.59. The maximum Gasteiger partial charge on any atom is 0.236 e. The van der Waals surface area contributed by atoms with Gasteiger partial charge in [0.25, 0.3) is 0 Å². The summed E-state index contributed by atoms with van der Waals surface area (Å²) in [5, 5.41) is 0. The van der Waals surface area contributed by atoms with Gasteiger partial charge in [0.15, 0.2) is 0 Å². The Morgan fingerprint density at radius 1 is 1.20 bits per heavy atom. The molecule has 2 atom stereocenters. The summed E-state index contributed by atoms with van der Waals surface area (Å²) in [7, 11) is 0. The van der Waals surface area contributed by atoms with Crippen LogP contribution in [0.1, 0.15) is 41.5 Å². The van der Waals surface area contributed by atoms with Crippen LogP contribution in [0.3, 0.4) is 0 Å². The lowest BCUT2D eigenvalue weighted by molar-refractivity contribution is -0.137. The summed E-state index contributed by atoms with van der Waals surface area (Å²) in [6.07, 6.45) is 0.225. The molecule has 2 unspecified atom stereocenters. The summed E-state index contributed by atoms with van der Waals surface area (Å²) < 4.78 is 5.62. The molecule has 0 radical (unpaired) electrons. The van der Waals surface area contributed by atoms with Crippen LogP contribution in [0, 0.1) is 11.8 Å². The van der Waals surface area contributed by atoms with E-state index in [9.17, 15) is 4.79 Å². The van der Waals surface area contributed by atoms with Gasteiger partial charge < -0.3 is 9.64 Å². The highest BCUT2D eigenvalue weighted by molar-refractivity contribution is 5.78. The first-order valence-electron chi connectivity index (χ1n) is 7.93. The molecule has 1 aliphatic heterocycles. The number of ether oxygens (including phenoxy) is 1. The minimum atomic E-state index is 0.225. The van der Waals surface area contributed by atoms with Gasteiger partial charge in [-0.2, -0.15) is 0 Å². The summed E-state index contributed by atoms with van der Waals surface area (Å²) in [4.78, 5) is 16.9. The Morgan fingerprint density at radius 3 is 2.25 bits per heavy atom. The minimum absolute atomic E-state index is 0.225. The normalized spacial score (nSPS) is 24.4. The Bertz CT molecular complexity index is 295. The third kappa shape index (κ3) is 5.80. The lowest BCUT2D eigenvalue weighted by atomic mass is 10.1. The van der Waals surface area contributed by atoms with Crippen molar-refractivity contribution in [2.24, 2.45) is 11.8 Å². The molecule has 1 aliphatic rings. The van der Waals surface area contributed by atoms with Crippen LogP contribution in [0.4, 0.5) is 0 Å². The van der Waals surface area contributed by atoms with E-state index in [-0.39, 0.29) is 12.0 Å². The van der Waals surface area contributed by atoms with Crippen molar-refractivity contribution in [1.29, 1.82) is 0 Å². The molecule has 0 spiro atoms. The molecule has 0 saturated carbocycles. The molecule has 0 bridgehead atoms. The molecule has 1 heterocycles. The second-order valence-corrected chi connectivity index (χ2v) is 7.01. The van der Waals surface area contributed by atoms with Crippen molar-refractivity contribution < 1.29 is 9.53 Å². The third-order valence-electron chi connectivity index (χ3n) is 3.60. The van der Waals surface area contributed by atoms with E-state index in [1.165, 1.54) is 0 Å². The van der Waals surface area contributed by atoms with Crippen molar-refractivity contribution in [1.82, 2.24) is 9.80 Å². The van der Waals surface area contributed by atoms with Crippen LogP contribution in [0.2, 0.25) is 0 Å². The number of hydrogen-bond donors (Lipinski definition) is 0. The van der Waals surface area contributed by atoms with Gasteiger partial charge in [0.05, 0.1) is 19.3 Å². The summed E-state index contributed by atoms with van der Waals surface area (Å²) in [5.41, 5.74) is 0. The van der Waals surface area contributed by atoms with Crippen LogP contribution in [-0.4, -0.2) is 60.6 Å². The van der Waals surface area contributed by atoms with Crippen LogP contribution in [0.25, 0.3) is 0 Å². The molecule has 0 aliphatic carbocycles. The zero-order valence-electron chi connectivity index (χ0n) is 14.1. The van der Waals surface area contributed by atoms with E-state index < -0.39 is 0 Å². The summed E-state index contributed by atoms with van der Waals surface area (Å²) in [5.74, 6) is 1.28. The molecular weight excluding hydrogens is 252 g/mol. The molecular formula is C16H32N2O2. The van der Waals surface area contributed by atoms with Crippen molar-refractivity contribution in [3.8, 4) is 0 Å². The average Bonchev–Trinajstić information content (AvgIpc) is 2.31. The van der Waals surface area contributed by atoms with Crippen molar-refractivity contribution in [2.75, 3.05) is 32.8 Å². The van der Waals surface area contributed by atoms with Crippen molar-refractivity contribution in [3.05, 3.63) is 0 Å². The standard InChI is InChI=1S/C16H32N2O2/c1-12(2)7-18(8-13(3)4)16(19)10-17-9-15(6)20-11-14(17)5/h12-15H,7-11H2,1-6H3. The predicted molar refractivity (Wildman–Crippen MR) is 82.7 cm³/mol. The van der Waals surface area contributed by atoms with Crippen molar-refractivity contribution >= 4 is 5.91 Å². The molecule has 0 N–H and O–H groups in total. The molecule has 118 valence electrons. The second kappa shape index (κ2) is 7.99. The molecule has 1 rings (SSSR count). The van der Waals surface area contributed by atoms with Crippen LogP contribution in [0.15, 0.2) is 0 Å². The van der Waals surface area contributed by atoms with Gasteiger partial charge >= 0.3 is 0 Å². The Hall–Kier alpha value is -0.610. The quantitative estimate of drug-likeness (QED) is 0.750. The monoisotopic (exact) mass is 284 g/mol. The van der Waals surface area contributed by atoms with Crippen molar-refractivity contribution in [3.63, 3.8) is 0 Å². The topological polar surface area (TPSA) is 32.8 Å². The summed E-state index contributed by atoms with van der Waals surface area (Å²) in [6.45, 7) is 16.7. The van der Waals surface area contributed by atoms with Crippen LogP contribution in [0.5, 0.6) is 0 Å². The number of amides is 1. The van der Waals surface area contributed by atoms with E-state index >= 15 is 0 Å². The summed E-state index contributed by atoms with van der Waals surface area (Å²) >= 11 is 0. The van der Waals surface area contributed by atoms with E-state index in [0.717, 1.165) is 26.2 Å². The van der Waals surface area contributed by atoms with Gasteiger partial charge in [0.2, 0.25) is 5.91 Å². The number of morpholine rings is 1.